The zero-order chi connectivity index (χ0) is 16.6. The number of rotatable bonds is 5. The van der Waals surface area contributed by atoms with Crippen LogP contribution in [0.15, 0.2) is 17.1 Å². The average molecular weight is 319 g/mol. The van der Waals surface area contributed by atoms with Gasteiger partial charge in [-0.3, -0.25) is 4.79 Å². The molecule has 0 radical (unpaired) electrons. The second-order valence-electron chi connectivity index (χ2n) is 7.19. The van der Waals surface area contributed by atoms with Gasteiger partial charge in [-0.1, -0.05) is 0 Å². The van der Waals surface area contributed by atoms with Gasteiger partial charge in [0.05, 0.1) is 0 Å². The minimum Gasteiger partial charge on any atom is -0.477 e. The molecule has 1 aromatic heterocycles. The lowest BCUT2D eigenvalue weighted by Crippen LogP contribution is -2.47. The average Bonchev–Trinajstić information content (AvgIpc) is 3.24. The summed E-state index contributed by atoms with van der Waals surface area (Å²) in [6, 6.07) is 1.73. The Balaban J connectivity index is 1.73. The number of aryl methyl sites for hydroxylation is 1. The first-order valence-electron chi connectivity index (χ1n) is 8.24. The summed E-state index contributed by atoms with van der Waals surface area (Å²) in [6.45, 7) is 7.62. The van der Waals surface area contributed by atoms with Crippen molar-refractivity contribution in [3.8, 4) is 0 Å². The van der Waals surface area contributed by atoms with Crippen molar-refractivity contribution >= 4 is 5.97 Å². The van der Waals surface area contributed by atoms with E-state index in [1.54, 1.807) is 23.8 Å². The number of carboxylic acid groups (broad SMARTS) is 1. The molecule has 1 aliphatic carbocycles. The van der Waals surface area contributed by atoms with E-state index in [9.17, 15) is 14.7 Å². The van der Waals surface area contributed by atoms with Crippen LogP contribution in [0.2, 0.25) is 0 Å². The molecule has 2 heterocycles. The van der Waals surface area contributed by atoms with Gasteiger partial charge in [0.2, 0.25) is 0 Å². The number of hydrogen-bond donors (Lipinski definition) is 1. The topological polar surface area (TPSA) is 65.8 Å². The maximum absolute atomic E-state index is 12.4. The van der Waals surface area contributed by atoms with Gasteiger partial charge in [0, 0.05) is 50.9 Å². The van der Waals surface area contributed by atoms with Gasteiger partial charge in [-0.25, -0.2) is 4.79 Å². The second-order valence-corrected chi connectivity index (χ2v) is 7.19. The van der Waals surface area contributed by atoms with E-state index < -0.39 is 5.97 Å². The zero-order valence-electron chi connectivity index (χ0n) is 13.9. The molecule has 0 atom stereocenters. The van der Waals surface area contributed by atoms with Crippen molar-refractivity contribution in [3.63, 3.8) is 0 Å². The lowest BCUT2D eigenvalue weighted by Gasteiger charge is -2.35. The Morgan fingerprint density at radius 3 is 2.43 bits per heavy atom. The first-order chi connectivity index (χ1) is 10.9. The van der Waals surface area contributed by atoms with Crippen LogP contribution in [0.5, 0.6) is 0 Å². The Bertz CT molecular complexity index is 656. The fraction of sp³-hybridized carbons (Fsp3) is 0.647. The van der Waals surface area contributed by atoms with E-state index in [1.807, 2.05) is 0 Å². The monoisotopic (exact) mass is 319 g/mol. The first kappa shape index (κ1) is 16.2. The lowest BCUT2D eigenvalue weighted by atomic mass is 10.0. The number of aromatic nitrogens is 1. The van der Waals surface area contributed by atoms with Crippen LogP contribution < -0.4 is 5.56 Å². The van der Waals surface area contributed by atoms with E-state index in [0.717, 1.165) is 45.6 Å². The Labute approximate surface area is 136 Å². The van der Waals surface area contributed by atoms with Gasteiger partial charge in [0.15, 0.2) is 0 Å². The van der Waals surface area contributed by atoms with Crippen LogP contribution in [-0.2, 0) is 6.54 Å². The summed E-state index contributed by atoms with van der Waals surface area (Å²) in [5, 5.41) is 9.24. The molecule has 0 bridgehead atoms. The van der Waals surface area contributed by atoms with Crippen LogP contribution in [-0.4, -0.2) is 65.2 Å². The molecule has 0 unspecified atom stereocenters. The van der Waals surface area contributed by atoms with E-state index in [0.29, 0.717) is 12.1 Å². The number of carboxylic acids is 1. The molecule has 23 heavy (non-hydrogen) atoms. The second kappa shape index (κ2) is 6.09. The highest BCUT2D eigenvalue weighted by Crippen LogP contribution is 2.47. The SMILES string of the molecule is Cc1ccn(CC2(CN3CCN(C)CC3)CC2)c(=O)c1C(=O)O. The van der Waals surface area contributed by atoms with E-state index >= 15 is 0 Å². The highest BCUT2D eigenvalue weighted by molar-refractivity contribution is 5.88. The minimum atomic E-state index is -1.13. The van der Waals surface area contributed by atoms with Gasteiger partial charge < -0.3 is 19.5 Å². The maximum atomic E-state index is 12.4. The Morgan fingerprint density at radius 2 is 1.87 bits per heavy atom. The molecule has 2 fully saturated rings. The largest absolute Gasteiger partial charge is 0.477 e. The molecule has 1 N–H and O–H groups in total. The highest BCUT2D eigenvalue weighted by atomic mass is 16.4. The molecule has 1 aliphatic heterocycles. The van der Waals surface area contributed by atoms with Crippen LogP contribution >= 0.6 is 0 Å². The normalized spacial score (nSPS) is 21.3. The fourth-order valence-corrected chi connectivity index (χ4v) is 3.43. The molecular weight excluding hydrogens is 294 g/mol. The minimum absolute atomic E-state index is 0.0945. The number of pyridine rings is 1. The van der Waals surface area contributed by atoms with Crippen LogP contribution in [0, 0.1) is 12.3 Å². The third-order valence-electron chi connectivity index (χ3n) is 5.21. The van der Waals surface area contributed by atoms with E-state index in [1.165, 1.54) is 0 Å². The summed E-state index contributed by atoms with van der Waals surface area (Å²) in [5.74, 6) is -1.13. The molecule has 126 valence electrons. The number of piperazine rings is 1. The van der Waals surface area contributed by atoms with Crippen molar-refractivity contribution in [1.82, 2.24) is 14.4 Å². The van der Waals surface area contributed by atoms with Gasteiger partial charge in [-0.2, -0.15) is 0 Å². The first-order valence-corrected chi connectivity index (χ1v) is 8.24. The summed E-state index contributed by atoms with van der Waals surface area (Å²) in [4.78, 5) is 28.5. The number of nitrogens with zero attached hydrogens (tertiary/aromatic N) is 3. The summed E-state index contributed by atoms with van der Waals surface area (Å²) in [7, 11) is 2.14. The molecule has 2 aliphatic rings. The molecular formula is C17H25N3O3. The lowest BCUT2D eigenvalue weighted by molar-refractivity contribution is 0.0693. The van der Waals surface area contributed by atoms with Crippen LogP contribution in [0.1, 0.15) is 28.8 Å². The summed E-state index contributed by atoms with van der Waals surface area (Å²) >= 11 is 0. The van der Waals surface area contributed by atoms with Gasteiger partial charge in [-0.05, 0) is 38.4 Å². The van der Waals surface area contributed by atoms with Crippen molar-refractivity contribution < 1.29 is 9.90 Å². The Hall–Kier alpha value is -1.66. The number of carbonyl (C=O) groups is 1. The van der Waals surface area contributed by atoms with Crippen molar-refractivity contribution in [2.45, 2.75) is 26.3 Å². The zero-order valence-corrected chi connectivity index (χ0v) is 13.9. The van der Waals surface area contributed by atoms with E-state index in [4.69, 9.17) is 0 Å². The Morgan fingerprint density at radius 1 is 1.22 bits per heavy atom. The molecule has 0 amide bonds. The molecule has 0 aromatic carbocycles. The maximum Gasteiger partial charge on any atom is 0.341 e. The van der Waals surface area contributed by atoms with Gasteiger partial charge >= 0.3 is 5.97 Å². The van der Waals surface area contributed by atoms with Crippen molar-refractivity contribution in [1.29, 1.82) is 0 Å². The predicted molar refractivity (Wildman–Crippen MR) is 88.0 cm³/mol. The summed E-state index contributed by atoms with van der Waals surface area (Å²) in [5.41, 5.74) is 0.206. The van der Waals surface area contributed by atoms with Gasteiger partial charge in [0.25, 0.3) is 5.56 Å². The quantitative estimate of drug-likeness (QED) is 0.873. The predicted octanol–water partition coefficient (Wildman–Crippen LogP) is 0.883. The van der Waals surface area contributed by atoms with E-state index in [-0.39, 0.29) is 16.5 Å². The molecule has 6 heteroatoms. The third-order valence-corrected chi connectivity index (χ3v) is 5.21. The molecule has 1 saturated carbocycles. The van der Waals surface area contributed by atoms with Crippen molar-refractivity contribution in [2.24, 2.45) is 5.41 Å². The van der Waals surface area contributed by atoms with Crippen molar-refractivity contribution in [3.05, 3.63) is 33.7 Å². The molecule has 3 rings (SSSR count). The molecule has 6 nitrogen and oxygen atoms in total. The number of hydrogen-bond acceptors (Lipinski definition) is 4. The smallest absolute Gasteiger partial charge is 0.341 e. The highest BCUT2D eigenvalue weighted by Gasteiger charge is 2.44. The standard InChI is InChI=1S/C17H25N3O3/c1-13-3-6-20(15(21)14(13)16(22)23)12-17(4-5-17)11-19-9-7-18(2)8-10-19/h3,6H,4-5,7-12H2,1-2H3,(H,22,23). The van der Waals surface area contributed by atoms with Gasteiger partial charge in [-0.15, -0.1) is 0 Å². The van der Waals surface area contributed by atoms with Crippen molar-refractivity contribution in [2.75, 3.05) is 39.8 Å². The van der Waals surface area contributed by atoms with Crippen LogP contribution in [0.3, 0.4) is 0 Å². The summed E-state index contributed by atoms with van der Waals surface area (Å²) < 4.78 is 1.60. The Kier molecular flexibility index (Phi) is 4.29. The summed E-state index contributed by atoms with van der Waals surface area (Å²) in [6.07, 6.45) is 3.97. The number of aromatic carboxylic acids is 1. The van der Waals surface area contributed by atoms with Gasteiger partial charge in [0.1, 0.15) is 5.56 Å². The molecule has 0 spiro atoms. The fourth-order valence-electron chi connectivity index (χ4n) is 3.43. The van der Waals surface area contributed by atoms with Crippen LogP contribution in [0.4, 0.5) is 0 Å². The molecule has 1 saturated heterocycles. The molecule has 1 aromatic rings. The van der Waals surface area contributed by atoms with E-state index in [2.05, 4.69) is 16.8 Å². The van der Waals surface area contributed by atoms with Crippen LogP contribution in [0.25, 0.3) is 0 Å². The third kappa shape index (κ3) is 3.48. The number of likely N-dealkylation sites (N-methyl/N-ethyl adjacent to an activating group) is 1.